The Morgan fingerprint density at radius 2 is 1.85 bits per heavy atom. The molecule has 2 N–H and O–H groups in total. The van der Waals surface area contributed by atoms with Crippen LogP contribution in [0.15, 0.2) is 24.3 Å². The van der Waals surface area contributed by atoms with Crippen LogP contribution in [0, 0.1) is 0 Å². The second-order valence-corrected chi connectivity index (χ2v) is 4.47. The molecule has 104 valence electrons. The molecule has 0 spiro atoms. The lowest BCUT2D eigenvalue weighted by Gasteiger charge is -2.11. The van der Waals surface area contributed by atoms with Crippen molar-refractivity contribution in [3.8, 4) is 0 Å². The van der Waals surface area contributed by atoms with Crippen LogP contribution in [-0.4, -0.2) is 40.1 Å². The third kappa shape index (κ3) is 3.33. The van der Waals surface area contributed by atoms with Crippen LogP contribution in [0.4, 0.5) is 17.6 Å². The summed E-state index contributed by atoms with van der Waals surface area (Å²) in [6.07, 6.45) is 0. The summed E-state index contributed by atoms with van der Waals surface area (Å²) in [5.74, 6) is -0.263. The Morgan fingerprint density at radius 3 is 2.40 bits per heavy atom. The van der Waals surface area contributed by atoms with Crippen LogP contribution in [0.5, 0.6) is 0 Å². The van der Waals surface area contributed by atoms with Crippen LogP contribution >= 0.6 is 11.6 Å². The minimum Gasteiger partial charge on any atom is -0.478 e. The van der Waals surface area contributed by atoms with Crippen molar-refractivity contribution < 1.29 is 9.90 Å². The number of carboxylic acid groups (broad SMARTS) is 1. The quantitative estimate of drug-likeness (QED) is 0.891. The predicted octanol–water partition coefficient (Wildman–Crippen LogP) is 2.03. The molecule has 0 saturated carbocycles. The average molecular weight is 294 g/mol. The summed E-state index contributed by atoms with van der Waals surface area (Å²) in [5.41, 5.74) is 0.861. The highest BCUT2D eigenvalue weighted by Crippen LogP contribution is 2.17. The molecular weight excluding hydrogens is 282 g/mol. The third-order valence-corrected chi connectivity index (χ3v) is 2.55. The van der Waals surface area contributed by atoms with Gasteiger partial charge in [0.25, 0.3) is 0 Å². The zero-order valence-electron chi connectivity index (χ0n) is 10.8. The van der Waals surface area contributed by atoms with E-state index >= 15 is 0 Å². The maximum absolute atomic E-state index is 10.8. The summed E-state index contributed by atoms with van der Waals surface area (Å²) in [6.45, 7) is 0. The zero-order chi connectivity index (χ0) is 14.7. The van der Waals surface area contributed by atoms with E-state index in [0.29, 0.717) is 11.6 Å². The molecular formula is C12H12ClN5O2. The van der Waals surface area contributed by atoms with Gasteiger partial charge in [-0.15, -0.1) is 0 Å². The van der Waals surface area contributed by atoms with Gasteiger partial charge in [-0.05, 0) is 35.9 Å². The molecule has 0 radical (unpaired) electrons. The van der Waals surface area contributed by atoms with Crippen molar-refractivity contribution in [1.82, 2.24) is 15.0 Å². The number of rotatable bonds is 4. The first-order chi connectivity index (χ1) is 9.45. The van der Waals surface area contributed by atoms with E-state index in [-0.39, 0.29) is 16.8 Å². The number of nitrogens with zero attached hydrogens (tertiary/aromatic N) is 4. The Kier molecular flexibility index (Phi) is 3.99. The molecule has 0 unspecified atom stereocenters. The van der Waals surface area contributed by atoms with Gasteiger partial charge in [-0.3, -0.25) is 0 Å². The fraction of sp³-hybridized carbons (Fsp3) is 0.167. The van der Waals surface area contributed by atoms with Gasteiger partial charge in [0.1, 0.15) is 0 Å². The van der Waals surface area contributed by atoms with E-state index in [1.807, 2.05) is 0 Å². The fourth-order valence-electron chi connectivity index (χ4n) is 1.42. The lowest BCUT2D eigenvalue weighted by Crippen LogP contribution is -2.14. The van der Waals surface area contributed by atoms with Crippen LogP contribution in [0.3, 0.4) is 0 Å². The van der Waals surface area contributed by atoms with Gasteiger partial charge in [-0.2, -0.15) is 15.0 Å². The van der Waals surface area contributed by atoms with Crippen molar-refractivity contribution >= 4 is 35.2 Å². The minimum absolute atomic E-state index is 0.0772. The lowest BCUT2D eigenvalue weighted by molar-refractivity contribution is 0.0697. The minimum atomic E-state index is -0.977. The zero-order valence-corrected chi connectivity index (χ0v) is 11.6. The Labute approximate surface area is 120 Å². The van der Waals surface area contributed by atoms with Gasteiger partial charge in [-0.1, -0.05) is 0 Å². The topological polar surface area (TPSA) is 91.2 Å². The van der Waals surface area contributed by atoms with Crippen LogP contribution in [0.2, 0.25) is 5.28 Å². The summed E-state index contributed by atoms with van der Waals surface area (Å²) in [6, 6.07) is 6.22. The highest BCUT2D eigenvalue weighted by molar-refractivity contribution is 6.28. The van der Waals surface area contributed by atoms with E-state index < -0.39 is 5.97 Å². The molecule has 0 aliphatic heterocycles. The number of halogens is 1. The molecule has 2 rings (SSSR count). The molecule has 0 amide bonds. The van der Waals surface area contributed by atoms with E-state index in [2.05, 4.69) is 20.3 Å². The van der Waals surface area contributed by atoms with Crippen molar-refractivity contribution in [2.75, 3.05) is 24.3 Å². The first-order valence-corrected chi connectivity index (χ1v) is 6.03. The number of anilines is 3. The van der Waals surface area contributed by atoms with Crippen LogP contribution < -0.4 is 10.2 Å². The van der Waals surface area contributed by atoms with Gasteiger partial charge in [0.2, 0.25) is 17.2 Å². The van der Waals surface area contributed by atoms with Crippen molar-refractivity contribution in [2.24, 2.45) is 0 Å². The van der Waals surface area contributed by atoms with Gasteiger partial charge < -0.3 is 15.3 Å². The molecule has 2 aromatic rings. The monoisotopic (exact) mass is 293 g/mol. The molecule has 0 aliphatic carbocycles. The second kappa shape index (κ2) is 5.70. The number of nitrogens with one attached hydrogen (secondary N) is 1. The predicted molar refractivity (Wildman–Crippen MR) is 75.8 cm³/mol. The molecule has 0 fully saturated rings. The standard InChI is InChI=1S/C12H12ClN5O2/c1-18(2)12-16-10(13)15-11(17-12)14-8-5-3-7(4-6-8)9(19)20/h3-6H,1-2H3,(H,19,20)(H,14,15,16,17). The fourth-order valence-corrected chi connectivity index (χ4v) is 1.58. The normalized spacial score (nSPS) is 10.2. The molecule has 0 saturated heterocycles. The van der Waals surface area contributed by atoms with E-state index in [4.69, 9.17) is 16.7 Å². The number of hydrogen-bond donors (Lipinski definition) is 2. The van der Waals surface area contributed by atoms with E-state index in [1.54, 1.807) is 31.1 Å². The average Bonchev–Trinajstić information content (AvgIpc) is 2.38. The van der Waals surface area contributed by atoms with Crippen molar-refractivity contribution in [2.45, 2.75) is 0 Å². The van der Waals surface area contributed by atoms with Crippen molar-refractivity contribution in [3.63, 3.8) is 0 Å². The van der Waals surface area contributed by atoms with Gasteiger partial charge in [0.15, 0.2) is 0 Å². The maximum Gasteiger partial charge on any atom is 0.335 e. The SMILES string of the molecule is CN(C)c1nc(Cl)nc(Nc2ccc(C(=O)O)cc2)n1. The van der Waals surface area contributed by atoms with Crippen LogP contribution in [0.1, 0.15) is 10.4 Å². The van der Waals surface area contributed by atoms with E-state index in [9.17, 15) is 4.79 Å². The number of benzene rings is 1. The molecule has 0 atom stereocenters. The largest absolute Gasteiger partial charge is 0.478 e. The van der Waals surface area contributed by atoms with Gasteiger partial charge in [-0.25, -0.2) is 4.79 Å². The second-order valence-electron chi connectivity index (χ2n) is 4.13. The maximum atomic E-state index is 10.8. The Hall–Kier alpha value is -2.41. The highest BCUT2D eigenvalue weighted by atomic mass is 35.5. The Bertz CT molecular complexity index is 630. The van der Waals surface area contributed by atoms with E-state index in [0.717, 1.165) is 0 Å². The van der Waals surface area contributed by atoms with Crippen molar-refractivity contribution in [1.29, 1.82) is 0 Å². The summed E-state index contributed by atoms with van der Waals surface area (Å²) in [5, 5.41) is 11.8. The number of hydrogen-bond acceptors (Lipinski definition) is 6. The highest BCUT2D eigenvalue weighted by Gasteiger charge is 2.07. The molecule has 1 heterocycles. The Morgan fingerprint density at radius 1 is 1.20 bits per heavy atom. The summed E-state index contributed by atoms with van der Waals surface area (Å²) >= 11 is 5.82. The smallest absolute Gasteiger partial charge is 0.335 e. The summed E-state index contributed by atoms with van der Waals surface area (Å²) in [7, 11) is 3.58. The third-order valence-electron chi connectivity index (χ3n) is 2.38. The van der Waals surface area contributed by atoms with Gasteiger partial charge in [0.05, 0.1) is 5.56 Å². The summed E-state index contributed by atoms with van der Waals surface area (Å²) < 4.78 is 0. The molecule has 1 aromatic heterocycles. The number of carboxylic acids is 1. The van der Waals surface area contributed by atoms with Crippen LogP contribution in [-0.2, 0) is 0 Å². The van der Waals surface area contributed by atoms with E-state index in [1.165, 1.54) is 12.1 Å². The van der Waals surface area contributed by atoms with Gasteiger partial charge >= 0.3 is 5.97 Å². The summed E-state index contributed by atoms with van der Waals surface area (Å²) in [4.78, 5) is 24.6. The molecule has 7 nitrogen and oxygen atoms in total. The molecule has 8 heteroatoms. The number of aromatic carboxylic acids is 1. The van der Waals surface area contributed by atoms with Crippen LogP contribution in [0.25, 0.3) is 0 Å². The number of carbonyl (C=O) groups is 1. The molecule has 1 aromatic carbocycles. The van der Waals surface area contributed by atoms with Crippen molar-refractivity contribution in [3.05, 3.63) is 35.1 Å². The molecule has 20 heavy (non-hydrogen) atoms. The van der Waals surface area contributed by atoms with Gasteiger partial charge in [0, 0.05) is 19.8 Å². The molecule has 0 aliphatic rings. The number of aromatic nitrogens is 3. The lowest BCUT2D eigenvalue weighted by atomic mass is 10.2. The first-order valence-electron chi connectivity index (χ1n) is 5.65. The molecule has 0 bridgehead atoms. The first kappa shape index (κ1) is 14.0. The Balaban J connectivity index is 2.23.